The molecule has 0 aliphatic carbocycles. The molecular weight excluding hydrogens is 490 g/mol. The number of pyridine rings is 1. The van der Waals surface area contributed by atoms with Crippen molar-refractivity contribution in [3.8, 4) is 0 Å². The van der Waals surface area contributed by atoms with Gasteiger partial charge in [0.1, 0.15) is 6.04 Å². The topological polar surface area (TPSA) is 147 Å². The van der Waals surface area contributed by atoms with Crippen molar-refractivity contribution in [2.45, 2.75) is 43.8 Å². The van der Waals surface area contributed by atoms with Gasteiger partial charge in [-0.2, -0.15) is 0 Å². The molecule has 2 fully saturated rings. The Hall–Kier alpha value is -3.95. The molecule has 2 saturated heterocycles. The lowest BCUT2D eigenvalue weighted by Crippen LogP contribution is -2.51. The number of aromatic nitrogens is 1. The molecule has 9 nitrogen and oxygen atoms in total. The molecule has 1 aromatic heterocycles. The summed E-state index contributed by atoms with van der Waals surface area (Å²) in [5, 5.41) is 9.53. The maximum atomic E-state index is 13.8. The van der Waals surface area contributed by atoms with E-state index in [9.17, 15) is 9.59 Å². The van der Waals surface area contributed by atoms with Crippen LogP contribution in [0.15, 0.2) is 73.1 Å². The Morgan fingerprint density at radius 2 is 1.90 bits per heavy atom. The Kier molecular flexibility index (Phi) is 9.16. The van der Waals surface area contributed by atoms with Gasteiger partial charge in [-0.05, 0) is 66.0 Å². The smallest absolute Gasteiger partial charge is 0.243 e. The van der Waals surface area contributed by atoms with E-state index in [1.807, 2.05) is 55.7 Å². The zero-order chi connectivity index (χ0) is 26.5. The summed E-state index contributed by atoms with van der Waals surface area (Å²) in [6.45, 7) is 1.68. The summed E-state index contributed by atoms with van der Waals surface area (Å²) < 4.78 is 0. The molecule has 3 heterocycles. The summed E-state index contributed by atoms with van der Waals surface area (Å²) >= 11 is 0. The van der Waals surface area contributed by atoms with E-state index in [0.717, 1.165) is 36.2 Å². The van der Waals surface area contributed by atoms with Crippen molar-refractivity contribution < 1.29 is 9.59 Å². The first-order valence-electron chi connectivity index (χ1n) is 13.3. The summed E-state index contributed by atoms with van der Waals surface area (Å²) in [6, 6.07) is 19.2. The van der Waals surface area contributed by atoms with E-state index < -0.39 is 6.04 Å². The van der Waals surface area contributed by atoms with Crippen molar-refractivity contribution in [1.29, 1.82) is 0 Å². The van der Waals surface area contributed by atoms with E-state index in [1.165, 1.54) is 5.56 Å². The van der Waals surface area contributed by atoms with Crippen molar-refractivity contribution in [3.63, 3.8) is 0 Å². The second kappa shape index (κ2) is 12.7. The van der Waals surface area contributed by atoms with Crippen molar-refractivity contribution >= 4 is 23.2 Å². The van der Waals surface area contributed by atoms with Crippen LogP contribution in [0.25, 0.3) is 0 Å². The quantitative estimate of drug-likeness (QED) is 0.282. The molecular formula is C30H39N7O2. The van der Waals surface area contributed by atoms with Crippen LogP contribution in [0, 0.1) is 5.92 Å². The van der Waals surface area contributed by atoms with Crippen molar-refractivity contribution in [3.05, 3.63) is 89.7 Å². The first kappa shape index (κ1) is 28.1. The third-order valence-corrected chi connectivity index (χ3v) is 7.77. The minimum Gasteiger partial charge on any atom is -0.397 e. The average molecular weight is 530 g/mol. The highest BCUT2D eigenvalue weighted by molar-refractivity contribution is 5.90. The number of nitrogens with two attached hydrogens (primary N) is 1. The van der Waals surface area contributed by atoms with E-state index in [4.69, 9.17) is 5.73 Å². The number of nitrogen functional groups attached to an aromatic ring is 1. The number of rotatable bonds is 8. The number of nitrogens with one attached hydrogen (secondary N) is 3. The Balaban J connectivity index is 0.00000353. The van der Waals surface area contributed by atoms with E-state index >= 15 is 0 Å². The van der Waals surface area contributed by atoms with Gasteiger partial charge < -0.3 is 32.7 Å². The van der Waals surface area contributed by atoms with Gasteiger partial charge in [0, 0.05) is 39.1 Å². The number of carbonyl (C=O) groups excluding carboxylic acids is 2. The van der Waals surface area contributed by atoms with Crippen LogP contribution in [0.1, 0.15) is 35.4 Å². The van der Waals surface area contributed by atoms with Gasteiger partial charge in [-0.3, -0.25) is 14.6 Å². The zero-order valence-electron chi connectivity index (χ0n) is 22.5. The fraction of sp³-hybridized carbons (Fsp3) is 0.367. The maximum Gasteiger partial charge on any atom is 0.243 e. The number of nitrogens with zero attached hydrogens (tertiary/aromatic N) is 2. The molecule has 9 heteroatoms. The fourth-order valence-electron chi connectivity index (χ4n) is 5.78. The van der Waals surface area contributed by atoms with E-state index in [0.29, 0.717) is 25.2 Å². The number of benzene rings is 2. The van der Waals surface area contributed by atoms with Gasteiger partial charge in [0.2, 0.25) is 11.8 Å². The van der Waals surface area contributed by atoms with E-state index in [2.05, 4.69) is 39.1 Å². The molecule has 0 unspecified atom stereocenters. The molecule has 8 N–H and O–H groups in total. The van der Waals surface area contributed by atoms with E-state index in [1.54, 1.807) is 11.1 Å². The molecule has 2 aromatic carbocycles. The first-order valence-corrected chi connectivity index (χ1v) is 13.3. The van der Waals surface area contributed by atoms with Gasteiger partial charge in [0.15, 0.2) is 0 Å². The van der Waals surface area contributed by atoms with Crippen molar-refractivity contribution in [2.75, 3.05) is 31.2 Å². The van der Waals surface area contributed by atoms with Gasteiger partial charge in [-0.1, -0.05) is 42.5 Å². The molecule has 5 rings (SSSR count). The van der Waals surface area contributed by atoms with Gasteiger partial charge >= 0.3 is 0 Å². The summed E-state index contributed by atoms with van der Waals surface area (Å²) in [7, 11) is 1.82. The van der Waals surface area contributed by atoms with Crippen molar-refractivity contribution in [1.82, 2.24) is 26.7 Å². The van der Waals surface area contributed by atoms with Crippen LogP contribution in [0.2, 0.25) is 0 Å². The molecule has 39 heavy (non-hydrogen) atoms. The predicted molar refractivity (Wildman–Crippen MR) is 154 cm³/mol. The summed E-state index contributed by atoms with van der Waals surface area (Å²) in [5.41, 5.74) is 10.9. The van der Waals surface area contributed by atoms with Gasteiger partial charge in [-0.25, -0.2) is 0 Å². The molecule has 2 aliphatic heterocycles. The van der Waals surface area contributed by atoms with E-state index in [-0.39, 0.29) is 35.8 Å². The number of hydrogen-bond donors (Lipinski definition) is 5. The number of amides is 2. The Morgan fingerprint density at radius 3 is 2.62 bits per heavy atom. The van der Waals surface area contributed by atoms with Gasteiger partial charge in [0.05, 0.1) is 17.4 Å². The molecule has 0 saturated carbocycles. The number of hydrogen-bond acceptors (Lipinski definition) is 7. The first-order chi connectivity index (χ1) is 18.5. The van der Waals surface area contributed by atoms with Crippen LogP contribution in [-0.2, 0) is 22.6 Å². The molecule has 2 aliphatic rings. The third kappa shape index (κ3) is 6.55. The monoisotopic (exact) mass is 529 g/mol. The van der Waals surface area contributed by atoms with Crippen molar-refractivity contribution in [2.24, 2.45) is 5.92 Å². The minimum absolute atomic E-state index is 0. The molecule has 4 atom stereocenters. The van der Waals surface area contributed by atoms with Crippen LogP contribution >= 0.6 is 0 Å². The lowest BCUT2D eigenvalue weighted by Gasteiger charge is -2.27. The van der Waals surface area contributed by atoms with Crippen LogP contribution in [0.5, 0.6) is 0 Å². The standard InChI is InChI=1S/C30H36N6O2.H3N/c1-32-26-10-9-21(13-25(26)31)17-35-29(37)28-14-22(12-20-6-5-11-33-16-20)19-36(28)30(38)27-15-24(18-34-27)23-7-3-2-4-8-23;/h2-11,13,16,22,24,27-28,32,34H,12,14-15,17-19,31H2,1H3,(H,35,37);1H3/t22-,24-,27-,28+;/m1./s1. The highest BCUT2D eigenvalue weighted by Gasteiger charge is 2.43. The zero-order valence-corrected chi connectivity index (χ0v) is 22.5. The summed E-state index contributed by atoms with van der Waals surface area (Å²) in [4.78, 5) is 33.3. The lowest BCUT2D eigenvalue weighted by atomic mass is 9.96. The predicted octanol–water partition coefficient (Wildman–Crippen LogP) is 3.09. The molecule has 0 radical (unpaired) electrons. The molecule has 0 bridgehead atoms. The average Bonchev–Trinajstić information content (AvgIpc) is 3.61. The summed E-state index contributed by atoms with van der Waals surface area (Å²) in [5.74, 6) is 0.369. The SMILES string of the molecule is CNc1ccc(CNC(=O)[C@@H]2C[C@@H](Cc3cccnc3)CN2C(=O)[C@H]2C[C@@H](c3ccccc3)CN2)cc1N.N. The Labute approximate surface area is 230 Å². The Morgan fingerprint density at radius 1 is 1.08 bits per heavy atom. The molecule has 0 spiro atoms. The molecule has 206 valence electrons. The summed E-state index contributed by atoms with van der Waals surface area (Å²) in [6.07, 6.45) is 5.77. The molecule has 2 amide bonds. The maximum absolute atomic E-state index is 13.8. The van der Waals surface area contributed by atoms with Crippen LogP contribution in [0.4, 0.5) is 11.4 Å². The highest BCUT2D eigenvalue weighted by Crippen LogP contribution is 2.31. The third-order valence-electron chi connectivity index (χ3n) is 7.77. The normalized spacial score (nSPS) is 22.2. The number of likely N-dealkylation sites (tertiary alicyclic amines) is 1. The van der Waals surface area contributed by atoms with Crippen LogP contribution in [0.3, 0.4) is 0 Å². The largest absolute Gasteiger partial charge is 0.397 e. The number of carbonyl (C=O) groups is 2. The van der Waals surface area contributed by atoms with Crippen LogP contribution in [-0.4, -0.2) is 53.9 Å². The second-order valence-electron chi connectivity index (χ2n) is 10.4. The van der Waals surface area contributed by atoms with Crippen LogP contribution < -0.4 is 27.8 Å². The van der Waals surface area contributed by atoms with Gasteiger partial charge in [0.25, 0.3) is 0 Å². The molecule has 3 aromatic rings. The Bertz CT molecular complexity index is 1250. The van der Waals surface area contributed by atoms with Gasteiger partial charge in [-0.15, -0.1) is 0 Å². The fourth-order valence-corrected chi connectivity index (χ4v) is 5.78. The number of anilines is 2. The lowest BCUT2D eigenvalue weighted by molar-refractivity contribution is -0.139. The minimum atomic E-state index is -0.504. The highest BCUT2D eigenvalue weighted by atomic mass is 16.2. The second-order valence-corrected chi connectivity index (χ2v) is 10.4.